The van der Waals surface area contributed by atoms with E-state index in [0.29, 0.717) is 17.7 Å². The van der Waals surface area contributed by atoms with Gasteiger partial charge in [0.25, 0.3) is 5.91 Å². The zero-order valence-electron chi connectivity index (χ0n) is 13.0. The summed E-state index contributed by atoms with van der Waals surface area (Å²) in [7, 11) is -1.29. The molecule has 1 aliphatic heterocycles. The molecule has 5 nitrogen and oxygen atoms in total. The van der Waals surface area contributed by atoms with Gasteiger partial charge in [-0.2, -0.15) is 0 Å². The summed E-state index contributed by atoms with van der Waals surface area (Å²) >= 11 is 0. The number of aryl methyl sites for hydroxylation is 1. The van der Waals surface area contributed by atoms with Gasteiger partial charge in [-0.25, -0.2) is 8.42 Å². The maximum atomic E-state index is 12.6. The molecule has 0 spiro atoms. The molecule has 6 heteroatoms. The number of benzene rings is 1. The van der Waals surface area contributed by atoms with Crippen molar-refractivity contribution in [2.75, 3.05) is 32.9 Å². The molecule has 1 saturated heterocycles. The van der Waals surface area contributed by atoms with Gasteiger partial charge >= 0.3 is 0 Å². The molecule has 1 heterocycles. The molecule has 1 fully saturated rings. The highest BCUT2D eigenvalue weighted by Gasteiger charge is 2.27. The molecular formula is C15H22N2O3S. The highest BCUT2D eigenvalue weighted by atomic mass is 32.2. The lowest BCUT2D eigenvalue weighted by Gasteiger charge is -2.38. The van der Waals surface area contributed by atoms with Gasteiger partial charge in [-0.3, -0.25) is 4.79 Å². The van der Waals surface area contributed by atoms with Crippen LogP contribution in [0.25, 0.3) is 0 Å². The van der Waals surface area contributed by atoms with Crippen molar-refractivity contribution in [2.24, 2.45) is 0 Å². The summed E-state index contributed by atoms with van der Waals surface area (Å²) in [5, 5.41) is 0. The summed E-state index contributed by atoms with van der Waals surface area (Å²) in [6.45, 7) is 6.08. The van der Waals surface area contributed by atoms with E-state index in [9.17, 15) is 13.2 Å². The van der Waals surface area contributed by atoms with Gasteiger partial charge in [-0.15, -0.1) is 0 Å². The quantitative estimate of drug-likeness (QED) is 0.823. The molecule has 0 radical (unpaired) electrons. The number of hydrogen-bond donors (Lipinski definition) is 0. The molecule has 21 heavy (non-hydrogen) atoms. The van der Waals surface area contributed by atoms with E-state index >= 15 is 0 Å². The Morgan fingerprint density at radius 3 is 2.52 bits per heavy atom. The monoisotopic (exact) mass is 310 g/mol. The minimum Gasteiger partial charge on any atom is -0.333 e. The third-order valence-corrected chi connectivity index (χ3v) is 5.16. The smallest absolute Gasteiger partial charge is 0.254 e. The third kappa shape index (κ3) is 3.44. The van der Waals surface area contributed by atoms with Crippen LogP contribution in [0, 0.1) is 6.92 Å². The van der Waals surface area contributed by atoms with Crippen molar-refractivity contribution in [3.05, 3.63) is 29.3 Å². The van der Waals surface area contributed by atoms with Gasteiger partial charge in [0.1, 0.15) is 0 Å². The number of nitrogens with zero attached hydrogens (tertiary/aromatic N) is 2. The maximum Gasteiger partial charge on any atom is 0.254 e. The minimum atomic E-state index is -3.32. The average molecular weight is 310 g/mol. The molecule has 0 N–H and O–H groups in total. The van der Waals surface area contributed by atoms with E-state index in [4.69, 9.17) is 0 Å². The lowest BCUT2D eigenvalue weighted by molar-refractivity contribution is 0.0533. The number of carbonyl (C=O) groups is 1. The van der Waals surface area contributed by atoms with Crippen LogP contribution in [0.3, 0.4) is 0 Å². The SMILES string of the molecule is Cc1ccc(C(=O)N2CCN(C)C[C@H]2C)cc1S(C)(=O)=O. The molecule has 0 aromatic heterocycles. The zero-order valence-corrected chi connectivity index (χ0v) is 13.8. The van der Waals surface area contributed by atoms with Crippen molar-refractivity contribution in [3.8, 4) is 0 Å². The predicted molar refractivity (Wildman–Crippen MR) is 82.3 cm³/mol. The average Bonchev–Trinajstić information content (AvgIpc) is 2.37. The van der Waals surface area contributed by atoms with E-state index in [0.717, 1.165) is 13.1 Å². The Balaban J connectivity index is 2.32. The zero-order chi connectivity index (χ0) is 15.8. The molecule has 0 unspecified atom stereocenters. The Hall–Kier alpha value is -1.40. The molecule has 0 saturated carbocycles. The Kier molecular flexibility index (Phi) is 4.39. The molecule has 1 aromatic rings. The molecule has 1 atom stereocenters. The van der Waals surface area contributed by atoms with Gasteiger partial charge in [-0.05, 0) is 38.6 Å². The number of amides is 1. The summed E-state index contributed by atoms with van der Waals surface area (Å²) in [5.41, 5.74) is 1.11. The second-order valence-electron chi connectivity index (χ2n) is 5.86. The van der Waals surface area contributed by atoms with E-state index in [1.165, 1.54) is 12.3 Å². The van der Waals surface area contributed by atoms with Crippen LogP contribution in [-0.2, 0) is 9.84 Å². The number of hydrogen-bond acceptors (Lipinski definition) is 4. The second kappa shape index (κ2) is 5.77. The number of carbonyl (C=O) groups excluding carboxylic acids is 1. The molecule has 1 aliphatic rings. The lowest BCUT2D eigenvalue weighted by atomic mass is 10.1. The van der Waals surface area contributed by atoms with E-state index < -0.39 is 9.84 Å². The van der Waals surface area contributed by atoms with Crippen molar-refractivity contribution >= 4 is 15.7 Å². The normalized spacial score (nSPS) is 20.6. The highest BCUT2D eigenvalue weighted by molar-refractivity contribution is 7.90. The number of likely N-dealkylation sites (N-methyl/N-ethyl adjacent to an activating group) is 1. The molecule has 1 amide bonds. The minimum absolute atomic E-state index is 0.0968. The van der Waals surface area contributed by atoms with Gasteiger partial charge in [0.15, 0.2) is 9.84 Å². The van der Waals surface area contributed by atoms with Crippen LogP contribution in [0.15, 0.2) is 23.1 Å². The largest absolute Gasteiger partial charge is 0.333 e. The van der Waals surface area contributed by atoms with E-state index in [1.807, 2.05) is 18.9 Å². The summed E-state index contributed by atoms with van der Waals surface area (Å²) in [6.07, 6.45) is 1.17. The van der Waals surface area contributed by atoms with E-state index in [-0.39, 0.29) is 16.8 Å². The van der Waals surface area contributed by atoms with Gasteiger partial charge in [0.05, 0.1) is 4.90 Å². The number of piperazine rings is 1. The number of rotatable bonds is 2. The summed E-state index contributed by atoms with van der Waals surface area (Å²) < 4.78 is 23.6. The van der Waals surface area contributed by atoms with E-state index in [2.05, 4.69) is 4.90 Å². The standard InChI is InChI=1S/C15H22N2O3S/c1-11-5-6-13(9-14(11)21(4,19)20)15(18)17-8-7-16(3)10-12(17)2/h5-6,9,12H,7-8,10H2,1-4H3/t12-/m1/s1. The molecule has 0 aliphatic carbocycles. The summed E-state index contributed by atoms with van der Waals surface area (Å²) in [6, 6.07) is 5.03. The molecule has 116 valence electrons. The number of sulfone groups is 1. The van der Waals surface area contributed by atoms with Gasteiger partial charge in [0.2, 0.25) is 0 Å². The first kappa shape index (κ1) is 16.0. The van der Waals surface area contributed by atoms with Gasteiger partial charge in [0, 0.05) is 37.5 Å². The summed E-state index contributed by atoms with van der Waals surface area (Å²) in [4.78, 5) is 16.9. The molecule has 2 rings (SSSR count). The van der Waals surface area contributed by atoms with Crippen LogP contribution in [0.5, 0.6) is 0 Å². The van der Waals surface area contributed by atoms with Crippen LogP contribution in [0.4, 0.5) is 0 Å². The lowest BCUT2D eigenvalue weighted by Crippen LogP contribution is -2.52. The van der Waals surface area contributed by atoms with Crippen molar-refractivity contribution in [3.63, 3.8) is 0 Å². The Morgan fingerprint density at radius 1 is 1.29 bits per heavy atom. The van der Waals surface area contributed by atoms with Crippen LogP contribution in [-0.4, -0.2) is 63.1 Å². The Morgan fingerprint density at radius 2 is 1.95 bits per heavy atom. The van der Waals surface area contributed by atoms with Gasteiger partial charge in [-0.1, -0.05) is 6.07 Å². The topological polar surface area (TPSA) is 57.7 Å². The maximum absolute atomic E-state index is 12.6. The second-order valence-corrected chi connectivity index (χ2v) is 7.85. The highest BCUT2D eigenvalue weighted by Crippen LogP contribution is 2.20. The van der Waals surface area contributed by atoms with Gasteiger partial charge < -0.3 is 9.80 Å². The molecule has 1 aromatic carbocycles. The van der Waals surface area contributed by atoms with Crippen molar-refractivity contribution in [2.45, 2.75) is 24.8 Å². The Bertz CT molecular complexity index is 655. The van der Waals surface area contributed by atoms with Crippen molar-refractivity contribution in [1.82, 2.24) is 9.80 Å². The van der Waals surface area contributed by atoms with Crippen LogP contribution in [0.1, 0.15) is 22.8 Å². The first-order chi connectivity index (χ1) is 9.70. The summed E-state index contributed by atoms with van der Waals surface area (Å²) in [5.74, 6) is -0.0968. The van der Waals surface area contributed by atoms with Crippen LogP contribution < -0.4 is 0 Å². The van der Waals surface area contributed by atoms with Crippen LogP contribution in [0.2, 0.25) is 0 Å². The Labute approximate surface area is 126 Å². The molecular weight excluding hydrogens is 288 g/mol. The first-order valence-electron chi connectivity index (χ1n) is 7.00. The first-order valence-corrected chi connectivity index (χ1v) is 8.89. The third-order valence-electron chi connectivity index (χ3n) is 3.93. The fourth-order valence-electron chi connectivity index (χ4n) is 2.74. The van der Waals surface area contributed by atoms with Crippen molar-refractivity contribution in [1.29, 1.82) is 0 Å². The fraction of sp³-hybridized carbons (Fsp3) is 0.533. The fourth-order valence-corrected chi connectivity index (χ4v) is 3.73. The predicted octanol–water partition coefficient (Wildman–Crippen LogP) is 1.17. The van der Waals surface area contributed by atoms with Crippen molar-refractivity contribution < 1.29 is 13.2 Å². The van der Waals surface area contributed by atoms with E-state index in [1.54, 1.807) is 19.1 Å². The molecule has 0 bridgehead atoms. The van der Waals surface area contributed by atoms with Crippen LogP contribution >= 0.6 is 0 Å².